The molecule has 2 heterocycles. The summed E-state index contributed by atoms with van der Waals surface area (Å²) in [7, 11) is 0. The molecule has 0 atom stereocenters. The van der Waals surface area contributed by atoms with E-state index in [1.165, 1.54) is 11.3 Å². The van der Waals surface area contributed by atoms with E-state index < -0.39 is 5.97 Å². The summed E-state index contributed by atoms with van der Waals surface area (Å²) in [5.74, 6) is -0.843. The molecule has 0 aromatic carbocycles. The highest BCUT2D eigenvalue weighted by atomic mass is 32.2. The smallest absolute Gasteiger partial charge is 0.348 e. The minimum atomic E-state index is -0.843. The molecule has 1 aliphatic rings. The first kappa shape index (κ1) is 9.86. The molecule has 1 aromatic heterocycles. The molecule has 5 heteroatoms. The zero-order chi connectivity index (χ0) is 10.3. The Labute approximate surface area is 90.5 Å². The van der Waals surface area contributed by atoms with Crippen molar-refractivity contribution in [3.05, 3.63) is 10.3 Å². The van der Waals surface area contributed by atoms with Gasteiger partial charge in [0.25, 0.3) is 0 Å². The second-order valence-corrected chi connectivity index (χ2v) is 6.45. The molecule has 0 radical (unpaired) electrons. The minimum Gasteiger partial charge on any atom is -0.477 e. The second-order valence-electron chi connectivity index (χ2n) is 3.82. The van der Waals surface area contributed by atoms with Crippen LogP contribution in [0, 0.1) is 0 Å². The number of anilines is 1. The van der Waals surface area contributed by atoms with Gasteiger partial charge in [-0.3, -0.25) is 0 Å². The molecule has 1 aromatic rings. The number of carboxylic acid groups (broad SMARTS) is 1. The number of carboxylic acids is 1. The summed E-state index contributed by atoms with van der Waals surface area (Å²) in [5.41, 5.74) is 0.798. The Bertz CT molecular complexity index is 384. The number of carbonyl (C=O) groups is 1. The van der Waals surface area contributed by atoms with E-state index in [4.69, 9.17) is 5.11 Å². The maximum absolute atomic E-state index is 10.9. The van der Waals surface area contributed by atoms with Gasteiger partial charge < -0.3 is 10.4 Å². The van der Waals surface area contributed by atoms with Crippen LogP contribution in [0.25, 0.3) is 0 Å². The Morgan fingerprint density at radius 2 is 2.36 bits per heavy atom. The molecule has 2 N–H and O–H groups in total. The Morgan fingerprint density at radius 1 is 1.64 bits per heavy atom. The highest BCUT2D eigenvalue weighted by molar-refractivity contribution is 8.01. The van der Waals surface area contributed by atoms with Gasteiger partial charge in [0.2, 0.25) is 0 Å². The average molecular weight is 229 g/mol. The summed E-state index contributed by atoms with van der Waals surface area (Å²) in [4.78, 5) is 12.3. The van der Waals surface area contributed by atoms with E-state index in [2.05, 4.69) is 19.2 Å². The molecule has 0 saturated heterocycles. The Morgan fingerprint density at radius 3 is 3.00 bits per heavy atom. The first-order chi connectivity index (χ1) is 6.49. The molecule has 76 valence electrons. The van der Waals surface area contributed by atoms with Crippen LogP contribution in [0.5, 0.6) is 0 Å². The van der Waals surface area contributed by atoms with Gasteiger partial charge in [0.1, 0.15) is 4.88 Å². The highest BCUT2D eigenvalue weighted by Crippen LogP contribution is 2.45. The zero-order valence-electron chi connectivity index (χ0n) is 7.96. The van der Waals surface area contributed by atoms with Crippen LogP contribution in [0.3, 0.4) is 0 Å². The van der Waals surface area contributed by atoms with Crippen molar-refractivity contribution < 1.29 is 9.90 Å². The molecule has 0 fully saturated rings. The Hall–Kier alpha value is -0.680. The molecule has 0 amide bonds. The van der Waals surface area contributed by atoms with Crippen LogP contribution >= 0.6 is 23.1 Å². The van der Waals surface area contributed by atoms with Crippen LogP contribution in [0.2, 0.25) is 0 Å². The fourth-order valence-electron chi connectivity index (χ4n) is 1.38. The molecular formula is C9H11NO2S2. The summed E-state index contributed by atoms with van der Waals surface area (Å²) >= 11 is 3.03. The largest absolute Gasteiger partial charge is 0.477 e. The van der Waals surface area contributed by atoms with Gasteiger partial charge in [0, 0.05) is 21.6 Å². The van der Waals surface area contributed by atoms with Gasteiger partial charge in [0.05, 0.1) is 5.69 Å². The third-order valence-electron chi connectivity index (χ3n) is 2.03. The molecule has 3 nitrogen and oxygen atoms in total. The summed E-state index contributed by atoms with van der Waals surface area (Å²) in [6.45, 7) is 5.10. The molecule has 0 saturated carbocycles. The van der Waals surface area contributed by atoms with Gasteiger partial charge in [0.15, 0.2) is 0 Å². The van der Waals surface area contributed by atoms with E-state index in [-0.39, 0.29) is 4.75 Å². The molecular weight excluding hydrogens is 218 g/mol. The van der Waals surface area contributed by atoms with Crippen molar-refractivity contribution in [2.75, 3.05) is 11.9 Å². The van der Waals surface area contributed by atoms with Crippen molar-refractivity contribution in [2.24, 2.45) is 0 Å². The lowest BCUT2D eigenvalue weighted by molar-refractivity contribution is 0.0703. The Balaban J connectivity index is 2.39. The number of thioether (sulfide) groups is 1. The predicted octanol–water partition coefficient (Wildman–Crippen LogP) is 2.74. The Kier molecular flexibility index (Phi) is 2.23. The summed E-state index contributed by atoms with van der Waals surface area (Å²) in [5, 5.41) is 14.0. The van der Waals surface area contributed by atoms with Crippen LogP contribution < -0.4 is 5.32 Å². The topological polar surface area (TPSA) is 49.3 Å². The molecule has 0 unspecified atom stereocenters. The molecule has 1 aliphatic heterocycles. The first-order valence-electron chi connectivity index (χ1n) is 4.27. The van der Waals surface area contributed by atoms with E-state index in [0.717, 1.165) is 17.1 Å². The standard InChI is InChI=1S/C9H11NO2S2/c1-9(2)4-10-6-5(14-9)3-13-7(6)8(11)12/h3,10H,4H2,1-2H3,(H,11,12). The SMILES string of the molecule is CC1(C)CNc2c(csc2C(=O)O)S1. The highest BCUT2D eigenvalue weighted by Gasteiger charge is 2.29. The molecule has 0 aliphatic carbocycles. The van der Waals surface area contributed by atoms with Crippen LogP contribution in [0.15, 0.2) is 10.3 Å². The molecule has 0 bridgehead atoms. The fourth-order valence-corrected chi connectivity index (χ4v) is 3.54. The minimum absolute atomic E-state index is 0.143. The third kappa shape index (κ3) is 1.62. The van der Waals surface area contributed by atoms with Gasteiger partial charge in [-0.2, -0.15) is 0 Å². The number of aromatic carboxylic acids is 1. The normalized spacial score (nSPS) is 18.4. The van der Waals surface area contributed by atoms with Gasteiger partial charge >= 0.3 is 5.97 Å². The predicted molar refractivity (Wildman–Crippen MR) is 59.7 cm³/mol. The van der Waals surface area contributed by atoms with E-state index in [0.29, 0.717) is 4.88 Å². The number of thiophene rings is 1. The first-order valence-corrected chi connectivity index (χ1v) is 5.97. The number of hydrogen-bond donors (Lipinski definition) is 2. The maximum Gasteiger partial charge on any atom is 0.348 e. The van der Waals surface area contributed by atoms with Crippen molar-refractivity contribution in [1.29, 1.82) is 0 Å². The fraction of sp³-hybridized carbons (Fsp3) is 0.444. The van der Waals surface area contributed by atoms with Crippen LogP contribution in [-0.2, 0) is 0 Å². The number of rotatable bonds is 1. The van der Waals surface area contributed by atoms with E-state index in [1.54, 1.807) is 11.8 Å². The summed E-state index contributed by atoms with van der Waals surface area (Å²) in [6.07, 6.45) is 0. The van der Waals surface area contributed by atoms with Crippen molar-refractivity contribution in [3.8, 4) is 0 Å². The van der Waals surface area contributed by atoms with Crippen LogP contribution in [0.4, 0.5) is 5.69 Å². The maximum atomic E-state index is 10.9. The molecule has 14 heavy (non-hydrogen) atoms. The summed E-state index contributed by atoms with van der Waals surface area (Å²) < 4.78 is 0.143. The molecule has 2 rings (SSSR count). The van der Waals surface area contributed by atoms with Gasteiger partial charge in [-0.25, -0.2) is 4.79 Å². The lowest BCUT2D eigenvalue weighted by Gasteiger charge is -2.30. The van der Waals surface area contributed by atoms with Crippen molar-refractivity contribution >= 4 is 34.8 Å². The summed E-state index contributed by atoms with van der Waals surface area (Å²) in [6, 6.07) is 0. The van der Waals surface area contributed by atoms with Crippen molar-refractivity contribution in [1.82, 2.24) is 0 Å². The lowest BCUT2D eigenvalue weighted by Crippen LogP contribution is -2.30. The number of hydrogen-bond acceptors (Lipinski definition) is 4. The lowest BCUT2D eigenvalue weighted by atomic mass is 10.2. The van der Waals surface area contributed by atoms with E-state index in [9.17, 15) is 4.79 Å². The van der Waals surface area contributed by atoms with E-state index in [1.807, 2.05) is 5.38 Å². The van der Waals surface area contributed by atoms with Crippen LogP contribution in [-0.4, -0.2) is 22.4 Å². The second kappa shape index (κ2) is 3.17. The average Bonchev–Trinajstić information content (AvgIpc) is 2.44. The molecule has 0 spiro atoms. The van der Waals surface area contributed by atoms with Gasteiger partial charge in [-0.05, 0) is 13.8 Å². The van der Waals surface area contributed by atoms with Gasteiger partial charge in [-0.15, -0.1) is 23.1 Å². The quantitative estimate of drug-likeness (QED) is 0.777. The number of nitrogens with one attached hydrogen (secondary N) is 1. The van der Waals surface area contributed by atoms with E-state index >= 15 is 0 Å². The number of fused-ring (bicyclic) bond motifs is 1. The van der Waals surface area contributed by atoms with Crippen molar-refractivity contribution in [3.63, 3.8) is 0 Å². The van der Waals surface area contributed by atoms with Crippen molar-refractivity contribution in [2.45, 2.75) is 23.5 Å². The zero-order valence-corrected chi connectivity index (χ0v) is 9.59. The van der Waals surface area contributed by atoms with Crippen LogP contribution in [0.1, 0.15) is 23.5 Å². The van der Waals surface area contributed by atoms with Gasteiger partial charge in [-0.1, -0.05) is 0 Å². The monoisotopic (exact) mass is 229 g/mol. The third-order valence-corrected chi connectivity index (χ3v) is 4.38.